The minimum absolute atomic E-state index is 0.683. The van der Waals surface area contributed by atoms with Crippen molar-refractivity contribution < 1.29 is 4.79 Å². The van der Waals surface area contributed by atoms with Crippen molar-refractivity contribution in [3.8, 4) is 0 Å². The number of hydrogen-bond acceptors (Lipinski definition) is 2. The molecular weight excluding hydrogens is 188 g/mol. The highest BCUT2D eigenvalue weighted by Crippen LogP contribution is 2.15. The molecule has 0 fully saturated rings. The predicted octanol–water partition coefficient (Wildman–Crippen LogP) is 2.27. The van der Waals surface area contributed by atoms with E-state index in [1.807, 2.05) is 23.6 Å². The Labute approximate surface area is 88.8 Å². The average molecular weight is 202 g/mol. The largest absolute Gasteiger partial charge is 0.297 e. The molecule has 3 nitrogen and oxygen atoms in total. The van der Waals surface area contributed by atoms with Gasteiger partial charge in [-0.15, -0.1) is 0 Å². The maximum Gasteiger partial charge on any atom is 0.168 e. The molecule has 0 bridgehead atoms. The van der Waals surface area contributed by atoms with Gasteiger partial charge in [0.05, 0.1) is 5.69 Å². The van der Waals surface area contributed by atoms with Crippen LogP contribution in [-0.4, -0.2) is 15.7 Å². The third-order valence-corrected chi connectivity index (χ3v) is 2.67. The molecule has 0 saturated carbocycles. The molecule has 0 saturated heterocycles. The fourth-order valence-corrected chi connectivity index (χ4v) is 1.85. The Morgan fingerprint density at radius 3 is 2.80 bits per heavy atom. The van der Waals surface area contributed by atoms with Crippen molar-refractivity contribution in [1.29, 1.82) is 0 Å². The van der Waals surface area contributed by atoms with E-state index >= 15 is 0 Å². The summed E-state index contributed by atoms with van der Waals surface area (Å²) >= 11 is 0. The molecule has 2 aromatic rings. The van der Waals surface area contributed by atoms with Gasteiger partial charge in [0.25, 0.3) is 0 Å². The second-order valence-electron chi connectivity index (χ2n) is 3.50. The number of aldehydes is 1. The summed E-state index contributed by atoms with van der Waals surface area (Å²) in [5, 5.41) is 0. The average Bonchev–Trinajstić information content (AvgIpc) is 2.66. The molecule has 15 heavy (non-hydrogen) atoms. The summed E-state index contributed by atoms with van der Waals surface area (Å²) in [6, 6.07) is 4.01. The van der Waals surface area contributed by atoms with Gasteiger partial charge in [-0.1, -0.05) is 19.9 Å². The number of carbonyl (C=O) groups excluding carboxylic acids is 1. The number of pyridine rings is 1. The van der Waals surface area contributed by atoms with Crippen LogP contribution in [0.5, 0.6) is 0 Å². The van der Waals surface area contributed by atoms with Crippen LogP contribution >= 0.6 is 0 Å². The zero-order valence-corrected chi connectivity index (χ0v) is 9.03. The first-order valence-corrected chi connectivity index (χ1v) is 5.25. The lowest BCUT2D eigenvalue weighted by atomic mass is 10.2. The molecule has 3 heteroatoms. The SMILES string of the molecule is CCc1nc2c(CC)cccn2c1C=O. The van der Waals surface area contributed by atoms with Crippen LogP contribution in [0.2, 0.25) is 0 Å². The number of imidazole rings is 1. The molecule has 0 atom stereocenters. The van der Waals surface area contributed by atoms with E-state index in [1.54, 1.807) is 0 Å². The summed E-state index contributed by atoms with van der Waals surface area (Å²) in [4.78, 5) is 15.5. The Morgan fingerprint density at radius 1 is 1.40 bits per heavy atom. The van der Waals surface area contributed by atoms with E-state index in [0.29, 0.717) is 5.69 Å². The highest BCUT2D eigenvalue weighted by Gasteiger charge is 2.11. The fourth-order valence-electron chi connectivity index (χ4n) is 1.85. The van der Waals surface area contributed by atoms with E-state index < -0.39 is 0 Å². The summed E-state index contributed by atoms with van der Waals surface area (Å²) < 4.78 is 1.88. The van der Waals surface area contributed by atoms with Crippen LogP contribution in [0.15, 0.2) is 18.3 Å². The predicted molar refractivity (Wildman–Crippen MR) is 59.3 cm³/mol. The van der Waals surface area contributed by atoms with Crippen molar-refractivity contribution >= 4 is 11.9 Å². The second kappa shape index (κ2) is 3.85. The van der Waals surface area contributed by atoms with Crippen molar-refractivity contribution in [2.75, 3.05) is 0 Å². The topological polar surface area (TPSA) is 34.4 Å². The summed E-state index contributed by atoms with van der Waals surface area (Å²) in [6.07, 6.45) is 4.50. The first kappa shape index (κ1) is 9.90. The van der Waals surface area contributed by atoms with Crippen LogP contribution in [-0.2, 0) is 12.8 Å². The van der Waals surface area contributed by atoms with Crippen molar-refractivity contribution in [2.24, 2.45) is 0 Å². The third-order valence-electron chi connectivity index (χ3n) is 2.67. The number of aryl methyl sites for hydroxylation is 2. The minimum atomic E-state index is 0.683. The Morgan fingerprint density at radius 2 is 2.20 bits per heavy atom. The Bertz CT molecular complexity index is 500. The number of hydrogen-bond donors (Lipinski definition) is 0. The molecule has 0 aliphatic heterocycles. The molecule has 2 heterocycles. The maximum absolute atomic E-state index is 11.0. The van der Waals surface area contributed by atoms with Crippen molar-refractivity contribution in [1.82, 2.24) is 9.38 Å². The maximum atomic E-state index is 11.0. The van der Waals surface area contributed by atoms with Gasteiger partial charge >= 0.3 is 0 Å². The van der Waals surface area contributed by atoms with Crippen LogP contribution in [0.4, 0.5) is 0 Å². The lowest BCUT2D eigenvalue weighted by Gasteiger charge is -1.99. The highest BCUT2D eigenvalue weighted by atomic mass is 16.1. The van der Waals surface area contributed by atoms with Gasteiger partial charge < -0.3 is 0 Å². The first-order chi connectivity index (χ1) is 7.31. The van der Waals surface area contributed by atoms with Gasteiger partial charge in [-0.25, -0.2) is 4.98 Å². The molecule has 0 aliphatic rings. The van der Waals surface area contributed by atoms with E-state index in [1.165, 1.54) is 5.56 Å². The van der Waals surface area contributed by atoms with Gasteiger partial charge in [0.2, 0.25) is 0 Å². The minimum Gasteiger partial charge on any atom is -0.297 e. The lowest BCUT2D eigenvalue weighted by molar-refractivity contribution is 0.111. The molecule has 0 spiro atoms. The Balaban J connectivity index is 2.80. The van der Waals surface area contributed by atoms with E-state index in [-0.39, 0.29) is 0 Å². The van der Waals surface area contributed by atoms with Crippen molar-refractivity contribution in [3.63, 3.8) is 0 Å². The molecule has 0 amide bonds. The first-order valence-electron chi connectivity index (χ1n) is 5.25. The smallest absolute Gasteiger partial charge is 0.168 e. The van der Waals surface area contributed by atoms with Crippen LogP contribution in [0.3, 0.4) is 0 Å². The molecule has 2 aromatic heterocycles. The van der Waals surface area contributed by atoms with Gasteiger partial charge in [-0.2, -0.15) is 0 Å². The summed E-state index contributed by atoms with van der Waals surface area (Å²) in [6.45, 7) is 4.11. The van der Waals surface area contributed by atoms with E-state index in [4.69, 9.17) is 0 Å². The normalized spacial score (nSPS) is 10.8. The van der Waals surface area contributed by atoms with Crippen LogP contribution in [0.25, 0.3) is 5.65 Å². The zero-order valence-electron chi connectivity index (χ0n) is 9.03. The number of fused-ring (bicyclic) bond motifs is 1. The summed E-state index contributed by atoms with van der Waals surface area (Å²) in [5.41, 5.74) is 3.66. The molecule has 0 unspecified atom stereocenters. The van der Waals surface area contributed by atoms with Crippen molar-refractivity contribution in [3.05, 3.63) is 35.3 Å². The fraction of sp³-hybridized carbons (Fsp3) is 0.333. The quantitative estimate of drug-likeness (QED) is 0.715. The molecule has 0 N–H and O–H groups in total. The molecule has 0 radical (unpaired) electrons. The molecule has 78 valence electrons. The monoisotopic (exact) mass is 202 g/mol. The number of rotatable bonds is 3. The van der Waals surface area contributed by atoms with Gasteiger partial charge in [0.15, 0.2) is 6.29 Å². The second-order valence-corrected chi connectivity index (χ2v) is 3.50. The van der Waals surface area contributed by atoms with Crippen LogP contribution in [0.1, 0.15) is 35.6 Å². The van der Waals surface area contributed by atoms with Crippen LogP contribution < -0.4 is 0 Å². The molecule has 2 rings (SSSR count). The molecule has 0 aromatic carbocycles. The Hall–Kier alpha value is -1.64. The van der Waals surface area contributed by atoms with E-state index in [9.17, 15) is 4.79 Å². The number of aromatic nitrogens is 2. The van der Waals surface area contributed by atoms with Crippen molar-refractivity contribution in [2.45, 2.75) is 26.7 Å². The highest BCUT2D eigenvalue weighted by molar-refractivity contribution is 5.77. The zero-order chi connectivity index (χ0) is 10.8. The van der Waals surface area contributed by atoms with Gasteiger partial charge in [-0.3, -0.25) is 9.20 Å². The van der Waals surface area contributed by atoms with E-state index in [0.717, 1.165) is 30.5 Å². The molecular formula is C12H14N2O. The third kappa shape index (κ3) is 1.44. The molecule has 0 aliphatic carbocycles. The Kier molecular flexibility index (Phi) is 2.54. The van der Waals surface area contributed by atoms with Crippen LogP contribution in [0, 0.1) is 0 Å². The summed E-state index contributed by atoms with van der Waals surface area (Å²) in [5.74, 6) is 0. The summed E-state index contributed by atoms with van der Waals surface area (Å²) in [7, 11) is 0. The number of carbonyl (C=O) groups is 1. The van der Waals surface area contributed by atoms with Gasteiger partial charge in [0, 0.05) is 6.20 Å². The standard InChI is InChI=1S/C12H14N2O/c1-3-9-6-5-7-14-11(8-15)10(4-2)13-12(9)14/h5-8H,3-4H2,1-2H3. The number of nitrogens with zero attached hydrogens (tertiary/aromatic N) is 2. The van der Waals surface area contributed by atoms with Gasteiger partial charge in [-0.05, 0) is 24.5 Å². The van der Waals surface area contributed by atoms with Gasteiger partial charge in [0.1, 0.15) is 11.3 Å². The van der Waals surface area contributed by atoms with E-state index in [2.05, 4.69) is 18.0 Å². The lowest BCUT2D eigenvalue weighted by Crippen LogP contribution is -1.94.